The Hall–Kier alpha value is -1.91. The predicted molar refractivity (Wildman–Crippen MR) is 103 cm³/mol. The van der Waals surface area contributed by atoms with Crippen molar-refractivity contribution < 1.29 is 4.79 Å². The standard InChI is InChI=1S/C21H24N2OS/c1-2-10-22-11-8-21(9-12-22)16-23(20(24)18-7-13-25-15-18)14-17-5-3-4-6-19(17)21/h2-7,13,15H,1,8-12,14,16H2. The number of hydrogen-bond donors (Lipinski definition) is 0. The quantitative estimate of drug-likeness (QED) is 0.782. The molecule has 1 spiro atoms. The summed E-state index contributed by atoms with van der Waals surface area (Å²) >= 11 is 1.59. The second kappa shape index (κ2) is 6.77. The minimum Gasteiger partial charge on any atom is -0.333 e. The van der Waals surface area contributed by atoms with Gasteiger partial charge in [-0.3, -0.25) is 9.69 Å². The number of carbonyl (C=O) groups is 1. The summed E-state index contributed by atoms with van der Waals surface area (Å²) in [5.74, 6) is 0.170. The van der Waals surface area contributed by atoms with Crippen molar-refractivity contribution in [2.24, 2.45) is 0 Å². The van der Waals surface area contributed by atoms with Crippen molar-refractivity contribution in [3.8, 4) is 0 Å². The van der Waals surface area contributed by atoms with Gasteiger partial charge in [-0.2, -0.15) is 11.3 Å². The van der Waals surface area contributed by atoms with E-state index in [0.717, 1.165) is 51.1 Å². The zero-order valence-corrected chi connectivity index (χ0v) is 15.3. The SMILES string of the molecule is C=CCN1CCC2(CC1)CN(C(=O)c1ccsc1)Cc1ccccc12. The van der Waals surface area contributed by atoms with E-state index in [2.05, 4.69) is 40.6 Å². The molecule has 2 aliphatic rings. The van der Waals surface area contributed by atoms with Gasteiger partial charge in [-0.25, -0.2) is 0 Å². The van der Waals surface area contributed by atoms with E-state index in [-0.39, 0.29) is 11.3 Å². The summed E-state index contributed by atoms with van der Waals surface area (Å²) in [5.41, 5.74) is 3.69. The van der Waals surface area contributed by atoms with Gasteiger partial charge < -0.3 is 4.90 Å². The molecule has 1 amide bonds. The largest absolute Gasteiger partial charge is 0.333 e. The van der Waals surface area contributed by atoms with Gasteiger partial charge in [-0.15, -0.1) is 6.58 Å². The van der Waals surface area contributed by atoms with E-state index in [1.807, 2.05) is 22.9 Å². The second-order valence-electron chi connectivity index (χ2n) is 7.20. The number of amides is 1. The van der Waals surface area contributed by atoms with Crippen LogP contribution >= 0.6 is 11.3 Å². The summed E-state index contributed by atoms with van der Waals surface area (Å²) in [7, 11) is 0. The molecular weight excluding hydrogens is 328 g/mol. The summed E-state index contributed by atoms with van der Waals surface area (Å²) in [6, 6.07) is 10.7. The van der Waals surface area contributed by atoms with Crippen molar-refractivity contribution in [3.05, 3.63) is 70.4 Å². The maximum atomic E-state index is 13.0. The van der Waals surface area contributed by atoms with Gasteiger partial charge in [0, 0.05) is 30.4 Å². The van der Waals surface area contributed by atoms with E-state index in [1.54, 1.807) is 11.3 Å². The van der Waals surface area contributed by atoms with Crippen LogP contribution in [0.4, 0.5) is 0 Å². The highest BCUT2D eigenvalue weighted by atomic mass is 32.1. The van der Waals surface area contributed by atoms with Crippen LogP contribution in [0.5, 0.6) is 0 Å². The molecule has 0 bridgehead atoms. The molecular formula is C21H24N2OS. The number of hydrogen-bond acceptors (Lipinski definition) is 3. The van der Waals surface area contributed by atoms with Gasteiger partial charge >= 0.3 is 0 Å². The summed E-state index contributed by atoms with van der Waals surface area (Å²) in [5, 5.41) is 3.94. The van der Waals surface area contributed by atoms with Crippen LogP contribution in [-0.2, 0) is 12.0 Å². The van der Waals surface area contributed by atoms with E-state index < -0.39 is 0 Å². The molecule has 130 valence electrons. The molecule has 0 aliphatic carbocycles. The maximum absolute atomic E-state index is 13.0. The van der Waals surface area contributed by atoms with Crippen LogP contribution in [0.3, 0.4) is 0 Å². The average molecular weight is 353 g/mol. The molecule has 3 nitrogen and oxygen atoms in total. The number of nitrogens with zero attached hydrogens (tertiary/aromatic N) is 2. The minimum absolute atomic E-state index is 0.0954. The number of piperidine rings is 1. The van der Waals surface area contributed by atoms with Gasteiger partial charge in [0.05, 0.1) is 5.56 Å². The molecule has 25 heavy (non-hydrogen) atoms. The molecule has 3 heterocycles. The Bertz CT molecular complexity index is 760. The Labute approximate surface area is 153 Å². The smallest absolute Gasteiger partial charge is 0.255 e. The van der Waals surface area contributed by atoms with Gasteiger partial charge in [0.15, 0.2) is 0 Å². The number of thiophene rings is 1. The number of benzene rings is 1. The van der Waals surface area contributed by atoms with Crippen LogP contribution in [0.15, 0.2) is 53.7 Å². The van der Waals surface area contributed by atoms with Crippen LogP contribution in [-0.4, -0.2) is 41.9 Å². The van der Waals surface area contributed by atoms with Crippen LogP contribution in [0.25, 0.3) is 0 Å². The zero-order valence-electron chi connectivity index (χ0n) is 14.5. The third-order valence-corrected chi connectivity index (χ3v) is 6.38. The first kappa shape index (κ1) is 16.6. The van der Waals surface area contributed by atoms with E-state index in [1.165, 1.54) is 11.1 Å². The van der Waals surface area contributed by atoms with E-state index in [4.69, 9.17) is 0 Å². The third-order valence-electron chi connectivity index (χ3n) is 5.70. The van der Waals surface area contributed by atoms with Crippen molar-refractivity contribution in [1.82, 2.24) is 9.80 Å². The maximum Gasteiger partial charge on any atom is 0.255 e. The highest BCUT2D eigenvalue weighted by molar-refractivity contribution is 7.08. The van der Waals surface area contributed by atoms with Gasteiger partial charge in [-0.05, 0) is 48.5 Å². The highest BCUT2D eigenvalue weighted by Crippen LogP contribution is 2.42. The highest BCUT2D eigenvalue weighted by Gasteiger charge is 2.42. The van der Waals surface area contributed by atoms with Crippen molar-refractivity contribution in [2.75, 3.05) is 26.2 Å². The molecule has 0 unspecified atom stereocenters. The summed E-state index contributed by atoms with van der Waals surface area (Å²) in [6.45, 7) is 8.52. The second-order valence-corrected chi connectivity index (χ2v) is 7.98. The predicted octanol–water partition coefficient (Wildman–Crippen LogP) is 3.92. The Morgan fingerprint density at radius 2 is 2.04 bits per heavy atom. The summed E-state index contributed by atoms with van der Waals surface area (Å²) in [6.07, 6.45) is 4.19. The molecule has 0 radical (unpaired) electrons. The molecule has 2 aliphatic heterocycles. The van der Waals surface area contributed by atoms with E-state index in [9.17, 15) is 4.79 Å². The van der Waals surface area contributed by atoms with Crippen LogP contribution in [0.1, 0.15) is 34.3 Å². The molecule has 4 rings (SSSR count). The molecule has 1 aromatic heterocycles. The Kier molecular flexibility index (Phi) is 4.48. The molecule has 0 atom stereocenters. The first-order valence-corrected chi connectivity index (χ1v) is 9.89. The van der Waals surface area contributed by atoms with E-state index >= 15 is 0 Å². The lowest BCUT2D eigenvalue weighted by Gasteiger charge is -2.48. The minimum atomic E-state index is 0.0954. The number of fused-ring (bicyclic) bond motifs is 2. The topological polar surface area (TPSA) is 23.6 Å². The average Bonchev–Trinajstić information content (AvgIpc) is 3.18. The number of likely N-dealkylation sites (tertiary alicyclic amines) is 1. The van der Waals surface area contributed by atoms with E-state index in [0.29, 0.717) is 0 Å². The van der Waals surface area contributed by atoms with Gasteiger partial charge in [0.2, 0.25) is 0 Å². The lowest BCUT2D eigenvalue weighted by Crippen LogP contribution is -2.53. The third kappa shape index (κ3) is 3.05. The number of rotatable bonds is 3. The van der Waals surface area contributed by atoms with Gasteiger partial charge in [0.25, 0.3) is 5.91 Å². The van der Waals surface area contributed by atoms with Crippen molar-refractivity contribution in [3.63, 3.8) is 0 Å². The lowest BCUT2D eigenvalue weighted by molar-refractivity contribution is 0.0589. The lowest BCUT2D eigenvalue weighted by atomic mass is 9.68. The van der Waals surface area contributed by atoms with Crippen LogP contribution in [0, 0.1) is 0 Å². The van der Waals surface area contributed by atoms with Crippen molar-refractivity contribution >= 4 is 17.2 Å². The monoisotopic (exact) mass is 352 g/mol. The Morgan fingerprint density at radius 1 is 1.24 bits per heavy atom. The summed E-state index contributed by atoms with van der Waals surface area (Å²) < 4.78 is 0. The van der Waals surface area contributed by atoms with Gasteiger partial charge in [0.1, 0.15) is 0 Å². The number of carbonyl (C=O) groups excluding carboxylic acids is 1. The van der Waals surface area contributed by atoms with Crippen molar-refractivity contribution in [1.29, 1.82) is 0 Å². The molecule has 1 saturated heterocycles. The zero-order chi connectivity index (χ0) is 17.3. The fourth-order valence-corrected chi connectivity index (χ4v) is 5.00. The molecule has 4 heteroatoms. The molecule has 1 fully saturated rings. The summed E-state index contributed by atoms with van der Waals surface area (Å²) in [4.78, 5) is 17.5. The first-order valence-electron chi connectivity index (χ1n) is 8.95. The molecule has 2 aromatic rings. The Balaban J connectivity index is 1.64. The fourth-order valence-electron chi connectivity index (χ4n) is 4.37. The Morgan fingerprint density at radius 3 is 2.76 bits per heavy atom. The first-order chi connectivity index (χ1) is 12.2. The normalized spacial score (nSPS) is 19.6. The fraction of sp³-hybridized carbons (Fsp3) is 0.381. The molecule has 1 aromatic carbocycles. The van der Waals surface area contributed by atoms with Crippen LogP contribution < -0.4 is 0 Å². The van der Waals surface area contributed by atoms with Crippen molar-refractivity contribution in [2.45, 2.75) is 24.8 Å². The molecule has 0 saturated carbocycles. The molecule has 0 N–H and O–H groups in total. The van der Waals surface area contributed by atoms with Gasteiger partial charge in [-0.1, -0.05) is 30.3 Å². The van der Waals surface area contributed by atoms with Crippen LogP contribution in [0.2, 0.25) is 0 Å².